The van der Waals surface area contributed by atoms with Crippen LogP contribution in [0.1, 0.15) is 20.3 Å². The molecular formula is C11H12N2O5S. The van der Waals surface area contributed by atoms with E-state index in [0.717, 1.165) is 11.8 Å². The Labute approximate surface area is 113 Å². The number of nitrogens with zero attached hydrogens (tertiary/aromatic N) is 1. The van der Waals surface area contributed by atoms with Crippen molar-refractivity contribution < 1.29 is 24.3 Å². The first-order valence-corrected chi connectivity index (χ1v) is 6.40. The van der Waals surface area contributed by atoms with Crippen LogP contribution in [0.5, 0.6) is 0 Å². The van der Waals surface area contributed by atoms with Gasteiger partial charge >= 0.3 is 5.97 Å². The average molecular weight is 284 g/mol. The Morgan fingerprint density at radius 2 is 2.11 bits per heavy atom. The standard InChI is InChI=1S/C11H12N2O5S/c1-5(14)7-4-13-8(16)3-9(13)19-11(7,10(17)18)12-6(2)15/h4,9H,3H2,1-2H3,(H,12,15)(H,17,18)/t9-,11?/m1/s1. The van der Waals surface area contributed by atoms with Crippen LogP contribution in [0.25, 0.3) is 0 Å². The number of ketones is 1. The molecule has 0 spiro atoms. The first-order valence-electron chi connectivity index (χ1n) is 5.52. The third-order valence-corrected chi connectivity index (χ3v) is 4.46. The molecule has 2 amide bonds. The number of carboxylic acids is 1. The number of hydrogen-bond acceptors (Lipinski definition) is 5. The third kappa shape index (κ3) is 2.01. The number of rotatable bonds is 3. The molecule has 2 rings (SSSR count). The van der Waals surface area contributed by atoms with E-state index < -0.39 is 22.5 Å². The smallest absolute Gasteiger partial charge is 0.345 e. The number of β-lactam (4-membered cyclic amide) rings is 1. The van der Waals surface area contributed by atoms with E-state index in [-0.39, 0.29) is 23.3 Å². The van der Waals surface area contributed by atoms with Crippen LogP contribution in [0, 0.1) is 0 Å². The minimum atomic E-state index is -1.82. The second-order valence-corrected chi connectivity index (χ2v) is 5.74. The second-order valence-electron chi connectivity index (χ2n) is 4.34. The fourth-order valence-electron chi connectivity index (χ4n) is 2.05. The summed E-state index contributed by atoms with van der Waals surface area (Å²) in [5, 5.41) is 11.4. The number of thioether (sulfide) groups is 1. The Morgan fingerprint density at radius 3 is 2.53 bits per heavy atom. The largest absolute Gasteiger partial charge is 0.479 e. The Balaban J connectivity index is 2.51. The number of aliphatic carboxylic acids is 1. The molecule has 102 valence electrons. The van der Waals surface area contributed by atoms with Crippen molar-refractivity contribution >= 4 is 35.3 Å². The first-order chi connectivity index (χ1) is 8.78. The molecule has 0 saturated carbocycles. The number of hydrogen-bond donors (Lipinski definition) is 2. The lowest BCUT2D eigenvalue weighted by molar-refractivity contribution is -0.144. The maximum absolute atomic E-state index is 11.6. The summed E-state index contributed by atoms with van der Waals surface area (Å²) in [7, 11) is 0. The Morgan fingerprint density at radius 1 is 1.47 bits per heavy atom. The van der Waals surface area contributed by atoms with Crippen LogP contribution < -0.4 is 5.32 Å². The lowest BCUT2D eigenvalue weighted by Gasteiger charge is -2.47. The van der Waals surface area contributed by atoms with E-state index in [2.05, 4.69) is 5.32 Å². The van der Waals surface area contributed by atoms with E-state index in [1.54, 1.807) is 0 Å². The highest BCUT2D eigenvalue weighted by Gasteiger charge is 2.55. The van der Waals surface area contributed by atoms with Gasteiger partial charge in [0, 0.05) is 13.1 Å². The van der Waals surface area contributed by atoms with E-state index in [1.807, 2.05) is 0 Å². The molecule has 8 heteroatoms. The zero-order valence-corrected chi connectivity index (χ0v) is 11.1. The molecule has 0 aliphatic carbocycles. The van der Waals surface area contributed by atoms with Crippen molar-refractivity contribution in [2.75, 3.05) is 0 Å². The number of amides is 2. The monoisotopic (exact) mass is 284 g/mol. The van der Waals surface area contributed by atoms with Gasteiger partial charge in [0.05, 0.1) is 17.4 Å². The minimum Gasteiger partial charge on any atom is -0.479 e. The molecule has 1 saturated heterocycles. The maximum Gasteiger partial charge on any atom is 0.345 e. The summed E-state index contributed by atoms with van der Waals surface area (Å²) in [5.74, 6) is -2.55. The number of carbonyl (C=O) groups is 4. The van der Waals surface area contributed by atoms with Gasteiger partial charge in [-0.3, -0.25) is 14.4 Å². The zero-order valence-electron chi connectivity index (χ0n) is 10.3. The van der Waals surface area contributed by atoms with Crippen molar-refractivity contribution in [2.45, 2.75) is 30.5 Å². The summed E-state index contributed by atoms with van der Waals surface area (Å²) in [5.41, 5.74) is -0.107. The van der Waals surface area contributed by atoms with Crippen LogP contribution in [0.4, 0.5) is 0 Å². The van der Waals surface area contributed by atoms with Gasteiger partial charge < -0.3 is 15.3 Å². The maximum atomic E-state index is 11.6. The van der Waals surface area contributed by atoms with Gasteiger partial charge in [-0.15, -0.1) is 0 Å². The SMILES string of the molecule is CC(=O)NC1(C(=O)O)S[C@@H]2CC(=O)N2C=C1C(C)=O. The van der Waals surface area contributed by atoms with Crippen molar-refractivity contribution in [1.82, 2.24) is 10.2 Å². The summed E-state index contributed by atoms with van der Waals surface area (Å²) in [6.45, 7) is 2.39. The number of carboxylic acid groups (broad SMARTS) is 1. The molecule has 0 aromatic rings. The molecule has 0 radical (unpaired) electrons. The molecule has 0 bridgehead atoms. The van der Waals surface area contributed by atoms with Gasteiger partial charge in [-0.1, -0.05) is 11.8 Å². The van der Waals surface area contributed by atoms with E-state index in [9.17, 15) is 24.3 Å². The summed E-state index contributed by atoms with van der Waals surface area (Å²) in [6.07, 6.45) is 1.43. The summed E-state index contributed by atoms with van der Waals surface area (Å²) in [4.78, 5) is 45.3. The van der Waals surface area contributed by atoms with Crippen LogP contribution in [0.3, 0.4) is 0 Å². The third-order valence-electron chi connectivity index (χ3n) is 2.94. The second kappa shape index (κ2) is 4.37. The van der Waals surface area contributed by atoms with Crippen LogP contribution >= 0.6 is 11.8 Å². The zero-order chi connectivity index (χ0) is 14.4. The van der Waals surface area contributed by atoms with Gasteiger partial charge in [0.1, 0.15) is 0 Å². The topological polar surface area (TPSA) is 104 Å². The van der Waals surface area contributed by atoms with E-state index in [4.69, 9.17) is 0 Å². The number of fused-ring (bicyclic) bond motifs is 1. The highest BCUT2D eigenvalue weighted by molar-refractivity contribution is 8.02. The first kappa shape index (κ1) is 13.6. The van der Waals surface area contributed by atoms with Crippen molar-refractivity contribution in [3.05, 3.63) is 11.8 Å². The number of carbonyl (C=O) groups excluding carboxylic acids is 3. The molecule has 2 N–H and O–H groups in total. The molecule has 0 aromatic carbocycles. The molecule has 7 nitrogen and oxygen atoms in total. The molecule has 2 heterocycles. The lowest BCUT2D eigenvalue weighted by atomic mass is 10.0. The molecule has 1 fully saturated rings. The Bertz CT molecular complexity index is 529. The summed E-state index contributed by atoms with van der Waals surface area (Å²) < 4.78 is 0. The normalized spacial score (nSPS) is 28.9. The van der Waals surface area contributed by atoms with Crippen molar-refractivity contribution in [1.29, 1.82) is 0 Å². The molecule has 19 heavy (non-hydrogen) atoms. The lowest BCUT2D eigenvalue weighted by Crippen LogP contribution is -2.62. The summed E-state index contributed by atoms with van der Waals surface area (Å²) in [6, 6.07) is 0. The van der Waals surface area contributed by atoms with E-state index in [0.29, 0.717) is 0 Å². The van der Waals surface area contributed by atoms with Crippen molar-refractivity contribution in [2.24, 2.45) is 0 Å². The molecule has 2 atom stereocenters. The van der Waals surface area contributed by atoms with Crippen molar-refractivity contribution in [3.8, 4) is 0 Å². The molecule has 2 aliphatic heterocycles. The van der Waals surface area contributed by atoms with Gasteiger partial charge in [-0.2, -0.15) is 0 Å². The predicted molar refractivity (Wildman–Crippen MR) is 65.8 cm³/mol. The van der Waals surface area contributed by atoms with E-state index >= 15 is 0 Å². The van der Waals surface area contributed by atoms with Crippen molar-refractivity contribution in [3.63, 3.8) is 0 Å². The van der Waals surface area contributed by atoms with Gasteiger partial charge in [0.25, 0.3) is 0 Å². The highest BCUT2D eigenvalue weighted by atomic mass is 32.2. The number of nitrogens with one attached hydrogen (secondary N) is 1. The minimum absolute atomic E-state index is 0.107. The molecule has 0 aromatic heterocycles. The van der Waals surface area contributed by atoms with Gasteiger partial charge in [-0.25, -0.2) is 4.79 Å². The van der Waals surface area contributed by atoms with Crippen LogP contribution in [-0.2, 0) is 19.2 Å². The highest BCUT2D eigenvalue weighted by Crippen LogP contribution is 2.46. The quantitative estimate of drug-likeness (QED) is 0.688. The fourth-order valence-corrected chi connectivity index (χ4v) is 3.61. The van der Waals surface area contributed by atoms with Gasteiger partial charge in [0.15, 0.2) is 5.78 Å². The van der Waals surface area contributed by atoms with Crippen LogP contribution in [0.15, 0.2) is 11.8 Å². The van der Waals surface area contributed by atoms with Crippen LogP contribution in [0.2, 0.25) is 0 Å². The fraction of sp³-hybridized carbons (Fsp3) is 0.455. The molecular weight excluding hydrogens is 272 g/mol. The van der Waals surface area contributed by atoms with Gasteiger partial charge in [-0.05, 0) is 6.92 Å². The van der Waals surface area contributed by atoms with Gasteiger partial charge in [0.2, 0.25) is 16.7 Å². The summed E-state index contributed by atoms with van der Waals surface area (Å²) >= 11 is 0.890. The Hall–Kier alpha value is -1.83. The van der Waals surface area contributed by atoms with Crippen LogP contribution in [-0.4, -0.2) is 43.8 Å². The number of Topliss-reactive ketones (excluding diaryl/α,β-unsaturated/α-hetero) is 1. The van der Waals surface area contributed by atoms with E-state index in [1.165, 1.54) is 24.9 Å². The average Bonchev–Trinajstić information content (AvgIpc) is 2.26. The Kier molecular flexibility index (Phi) is 3.13. The molecule has 1 unspecified atom stereocenters. The molecule has 2 aliphatic rings. The predicted octanol–water partition coefficient (Wildman–Crippen LogP) is -0.319.